The fourth-order valence-corrected chi connectivity index (χ4v) is 8.79. The molecule has 4 aliphatic carbocycles. The van der Waals surface area contributed by atoms with E-state index in [1.54, 1.807) is 22.3 Å². The summed E-state index contributed by atoms with van der Waals surface area (Å²) in [5.74, 6) is 1.08. The Hall–Kier alpha value is -4.36. The number of aryl methyl sites for hydroxylation is 1. The highest BCUT2D eigenvalue weighted by Gasteiger charge is 2.33. The predicted molar refractivity (Wildman–Crippen MR) is 211 cm³/mol. The molecule has 0 spiro atoms. The number of rotatable bonds is 10. The van der Waals surface area contributed by atoms with E-state index in [4.69, 9.17) is 0 Å². The molecule has 0 aliphatic heterocycles. The maximum absolute atomic E-state index is 3.96. The number of hydrogen-bond donors (Lipinski definition) is 1. The first kappa shape index (κ1) is 33.2. The van der Waals surface area contributed by atoms with Crippen molar-refractivity contribution in [3.05, 3.63) is 170 Å². The van der Waals surface area contributed by atoms with Gasteiger partial charge < -0.3 is 5.32 Å². The van der Waals surface area contributed by atoms with Gasteiger partial charge in [-0.1, -0.05) is 135 Å². The van der Waals surface area contributed by atoms with Crippen molar-refractivity contribution in [3.8, 4) is 0 Å². The molecule has 0 saturated carbocycles. The van der Waals surface area contributed by atoms with E-state index in [2.05, 4.69) is 148 Å². The van der Waals surface area contributed by atoms with Crippen LogP contribution in [0.1, 0.15) is 83.3 Å². The zero-order chi connectivity index (χ0) is 33.7. The van der Waals surface area contributed by atoms with E-state index in [0.29, 0.717) is 11.8 Å². The van der Waals surface area contributed by atoms with Crippen molar-refractivity contribution in [3.63, 3.8) is 0 Å². The minimum Gasteiger partial charge on any atom is -0.378 e. The average Bonchev–Trinajstić information content (AvgIpc) is 3.13. The molecule has 0 radical (unpaired) electrons. The summed E-state index contributed by atoms with van der Waals surface area (Å²) >= 11 is 0. The lowest BCUT2D eigenvalue weighted by molar-refractivity contribution is 0.541. The molecule has 250 valence electrons. The molecule has 0 saturated heterocycles. The number of benzene rings is 3. The topological polar surface area (TPSA) is 12.0 Å². The Labute approximate surface area is 295 Å². The zero-order valence-electron chi connectivity index (χ0n) is 30.1. The third-order valence-corrected chi connectivity index (χ3v) is 11.3. The van der Waals surface area contributed by atoms with Gasteiger partial charge in [0.05, 0.1) is 6.04 Å². The minimum absolute atomic E-state index is 0.248. The SMILES string of the molecule is CC/C=C1/C(C2=CC=C(C(Cc3ccccc3)Nc3ccccc3C)CC2)=c2ccccc2=C(C2=CC=C3C=C(C)CCC3C2)C1CCC. The van der Waals surface area contributed by atoms with Gasteiger partial charge in [-0.15, -0.1) is 0 Å². The fourth-order valence-electron chi connectivity index (χ4n) is 8.79. The van der Waals surface area contributed by atoms with E-state index in [9.17, 15) is 0 Å². The van der Waals surface area contributed by atoms with Crippen LogP contribution in [0.3, 0.4) is 0 Å². The summed E-state index contributed by atoms with van der Waals surface area (Å²) in [7, 11) is 0. The van der Waals surface area contributed by atoms with Crippen LogP contribution in [0, 0.1) is 18.8 Å². The molecule has 0 heterocycles. The summed E-state index contributed by atoms with van der Waals surface area (Å²) in [6.45, 7) is 9.18. The second-order valence-electron chi connectivity index (χ2n) is 14.7. The van der Waals surface area contributed by atoms with Gasteiger partial charge in [-0.3, -0.25) is 0 Å². The van der Waals surface area contributed by atoms with Gasteiger partial charge in [0.25, 0.3) is 0 Å². The van der Waals surface area contributed by atoms with Gasteiger partial charge in [0, 0.05) is 11.6 Å². The van der Waals surface area contributed by atoms with Crippen molar-refractivity contribution in [2.24, 2.45) is 11.8 Å². The van der Waals surface area contributed by atoms with E-state index in [0.717, 1.165) is 25.7 Å². The monoisotopic (exact) mass is 643 g/mol. The molecule has 1 N–H and O–H groups in total. The number of allylic oxidation sites excluding steroid dienone is 11. The molecule has 0 amide bonds. The van der Waals surface area contributed by atoms with Crippen molar-refractivity contribution >= 4 is 16.8 Å². The standard InChI is InChI=1S/C48H53N/c1-5-14-41-42(15-6-2)48(40-29-28-38-30-33(3)22-23-39(38)32-40)44-20-12-11-19-43(44)47(41)37-26-24-36(25-27-37)46(31-35-17-8-7-9-18-35)49-45-21-13-10-16-34(45)4/h7-14,16-21,24,26,28-30,39,42,46,49H,5-6,15,22-23,25,27,31-32H2,1-4H3/b41-14+. The third kappa shape index (κ3) is 7.04. The molecule has 3 unspecified atom stereocenters. The van der Waals surface area contributed by atoms with Crippen molar-refractivity contribution in [2.75, 3.05) is 5.32 Å². The summed E-state index contributed by atoms with van der Waals surface area (Å²) < 4.78 is 0. The highest BCUT2D eigenvalue weighted by molar-refractivity contribution is 5.88. The van der Waals surface area contributed by atoms with Crippen LogP contribution in [0.15, 0.2) is 149 Å². The van der Waals surface area contributed by atoms with Crippen LogP contribution < -0.4 is 15.8 Å². The van der Waals surface area contributed by atoms with Gasteiger partial charge in [-0.05, 0) is 138 Å². The van der Waals surface area contributed by atoms with Crippen molar-refractivity contribution in [1.82, 2.24) is 0 Å². The normalized spacial score (nSPS) is 21.9. The van der Waals surface area contributed by atoms with Gasteiger partial charge in [0.15, 0.2) is 0 Å². The predicted octanol–water partition coefficient (Wildman–Crippen LogP) is 11.0. The Morgan fingerprint density at radius 3 is 2.29 bits per heavy atom. The van der Waals surface area contributed by atoms with Crippen LogP contribution in [0.4, 0.5) is 5.69 Å². The molecule has 3 atom stereocenters. The molecule has 0 aromatic heterocycles. The number of hydrogen-bond acceptors (Lipinski definition) is 1. The van der Waals surface area contributed by atoms with Gasteiger partial charge in [-0.2, -0.15) is 0 Å². The molecule has 3 aromatic carbocycles. The molecule has 0 fully saturated rings. The Kier molecular flexibility index (Phi) is 10.2. The van der Waals surface area contributed by atoms with Crippen LogP contribution in [0.5, 0.6) is 0 Å². The zero-order valence-corrected chi connectivity index (χ0v) is 30.1. The molecule has 4 aliphatic rings. The largest absolute Gasteiger partial charge is 0.378 e. The minimum atomic E-state index is 0.248. The molecule has 1 nitrogen and oxygen atoms in total. The highest BCUT2D eigenvalue weighted by Crippen LogP contribution is 2.45. The van der Waals surface area contributed by atoms with E-state index >= 15 is 0 Å². The lowest BCUT2D eigenvalue weighted by Gasteiger charge is -2.35. The van der Waals surface area contributed by atoms with Crippen molar-refractivity contribution in [1.29, 1.82) is 0 Å². The first-order valence-electron chi connectivity index (χ1n) is 18.9. The molecule has 3 aromatic rings. The molecule has 1 heteroatoms. The number of anilines is 1. The number of para-hydroxylation sites is 1. The molecule has 7 rings (SSSR count). The lowest BCUT2D eigenvalue weighted by atomic mass is 9.69. The first-order valence-corrected chi connectivity index (χ1v) is 18.9. The van der Waals surface area contributed by atoms with Crippen LogP contribution in [-0.4, -0.2) is 6.04 Å². The smallest absolute Gasteiger partial charge is 0.0517 e. The quantitative estimate of drug-likeness (QED) is 0.232. The van der Waals surface area contributed by atoms with Gasteiger partial charge in [-0.25, -0.2) is 0 Å². The Bertz CT molecular complexity index is 2010. The summed E-state index contributed by atoms with van der Waals surface area (Å²) in [5, 5.41) is 6.86. The highest BCUT2D eigenvalue weighted by atomic mass is 14.9. The van der Waals surface area contributed by atoms with E-state index in [1.807, 2.05) is 0 Å². The van der Waals surface area contributed by atoms with Crippen LogP contribution in [0.25, 0.3) is 11.1 Å². The van der Waals surface area contributed by atoms with Gasteiger partial charge in [0.2, 0.25) is 0 Å². The van der Waals surface area contributed by atoms with Gasteiger partial charge >= 0.3 is 0 Å². The number of fused-ring (bicyclic) bond motifs is 2. The van der Waals surface area contributed by atoms with Gasteiger partial charge in [0.1, 0.15) is 0 Å². The average molecular weight is 644 g/mol. The Morgan fingerprint density at radius 1 is 0.776 bits per heavy atom. The van der Waals surface area contributed by atoms with Crippen molar-refractivity contribution < 1.29 is 0 Å². The maximum atomic E-state index is 3.96. The Balaban J connectivity index is 1.34. The summed E-state index contributed by atoms with van der Waals surface area (Å²) in [5.41, 5.74) is 16.2. The second kappa shape index (κ2) is 15.0. The van der Waals surface area contributed by atoms with Crippen LogP contribution in [-0.2, 0) is 6.42 Å². The fraction of sp³-hybridized carbons (Fsp3) is 0.333. The van der Waals surface area contributed by atoms with Crippen LogP contribution >= 0.6 is 0 Å². The number of nitrogens with one attached hydrogen (secondary N) is 1. The molecule has 49 heavy (non-hydrogen) atoms. The van der Waals surface area contributed by atoms with Crippen molar-refractivity contribution in [2.45, 2.75) is 91.5 Å². The van der Waals surface area contributed by atoms with E-state index in [-0.39, 0.29) is 6.04 Å². The van der Waals surface area contributed by atoms with E-state index < -0.39 is 0 Å². The summed E-state index contributed by atoms with van der Waals surface area (Å²) in [4.78, 5) is 0. The first-order chi connectivity index (χ1) is 24.0. The lowest BCUT2D eigenvalue weighted by Crippen LogP contribution is -2.38. The second-order valence-corrected chi connectivity index (χ2v) is 14.7. The summed E-state index contributed by atoms with van der Waals surface area (Å²) in [6, 6.07) is 29.3. The molecular formula is C48H53N. The van der Waals surface area contributed by atoms with E-state index in [1.165, 1.54) is 81.6 Å². The van der Waals surface area contributed by atoms with Crippen LogP contribution in [0.2, 0.25) is 0 Å². The molecule has 0 bridgehead atoms. The Morgan fingerprint density at radius 2 is 1.53 bits per heavy atom. The maximum Gasteiger partial charge on any atom is 0.0517 e. The third-order valence-electron chi connectivity index (χ3n) is 11.3. The molecular weight excluding hydrogens is 591 g/mol. The summed E-state index contributed by atoms with van der Waals surface area (Å²) in [6.07, 6.45) is 25.1.